The molecule has 7 heteroatoms. The van der Waals surface area contributed by atoms with Gasteiger partial charge >= 0.3 is 5.97 Å². The van der Waals surface area contributed by atoms with Gasteiger partial charge in [0.25, 0.3) is 0 Å². The molecule has 20 heavy (non-hydrogen) atoms. The molecule has 1 fully saturated rings. The summed E-state index contributed by atoms with van der Waals surface area (Å²) >= 11 is 0. The first-order valence-electron chi connectivity index (χ1n) is 7.00. The Morgan fingerprint density at radius 2 is 2.00 bits per heavy atom. The number of carbonyl (C=O) groups is 2. The summed E-state index contributed by atoms with van der Waals surface area (Å²) in [6, 6.07) is -0.956. The van der Waals surface area contributed by atoms with Crippen molar-refractivity contribution in [2.45, 2.75) is 38.3 Å². The Morgan fingerprint density at radius 3 is 2.55 bits per heavy atom. The number of aliphatic carboxylic acids is 1. The summed E-state index contributed by atoms with van der Waals surface area (Å²) in [6.45, 7) is 4.88. The normalized spacial score (nSPS) is 18.0. The van der Waals surface area contributed by atoms with E-state index in [4.69, 9.17) is 20.3 Å². The lowest BCUT2D eigenvalue weighted by Gasteiger charge is -2.33. The van der Waals surface area contributed by atoms with Crippen LogP contribution in [0.1, 0.15) is 26.2 Å². The van der Waals surface area contributed by atoms with Crippen LogP contribution in [0.25, 0.3) is 0 Å². The van der Waals surface area contributed by atoms with Crippen LogP contribution < -0.4 is 5.73 Å². The topological polar surface area (TPSA) is 102 Å². The zero-order valence-corrected chi connectivity index (χ0v) is 11.9. The maximum atomic E-state index is 11.9. The van der Waals surface area contributed by atoms with Crippen LogP contribution in [0.2, 0.25) is 0 Å². The molecule has 0 aromatic rings. The van der Waals surface area contributed by atoms with E-state index in [1.807, 2.05) is 6.92 Å². The Balaban J connectivity index is 2.24. The van der Waals surface area contributed by atoms with E-state index in [9.17, 15) is 9.59 Å². The Morgan fingerprint density at radius 1 is 1.35 bits per heavy atom. The summed E-state index contributed by atoms with van der Waals surface area (Å²) in [5, 5.41) is 8.63. The molecule has 116 valence electrons. The van der Waals surface area contributed by atoms with E-state index in [1.54, 1.807) is 4.90 Å². The van der Waals surface area contributed by atoms with Gasteiger partial charge in [-0.2, -0.15) is 0 Å². The minimum Gasteiger partial charge on any atom is -0.481 e. The fraction of sp³-hybridized carbons (Fsp3) is 0.846. The zero-order chi connectivity index (χ0) is 15.0. The van der Waals surface area contributed by atoms with Crippen molar-refractivity contribution in [2.75, 3.05) is 32.9 Å². The Kier molecular flexibility index (Phi) is 7.50. The second kappa shape index (κ2) is 8.89. The monoisotopic (exact) mass is 288 g/mol. The molecule has 1 aliphatic heterocycles. The summed E-state index contributed by atoms with van der Waals surface area (Å²) in [4.78, 5) is 24.1. The van der Waals surface area contributed by atoms with E-state index < -0.39 is 12.0 Å². The van der Waals surface area contributed by atoms with Crippen molar-refractivity contribution in [1.29, 1.82) is 0 Å². The first-order valence-corrected chi connectivity index (χ1v) is 7.00. The van der Waals surface area contributed by atoms with Crippen LogP contribution in [0.5, 0.6) is 0 Å². The van der Waals surface area contributed by atoms with E-state index in [1.165, 1.54) is 0 Å². The Labute approximate surface area is 119 Å². The molecule has 1 unspecified atom stereocenters. The number of piperidine rings is 1. The molecule has 0 radical (unpaired) electrons. The van der Waals surface area contributed by atoms with E-state index in [0.29, 0.717) is 32.9 Å². The molecule has 0 aromatic heterocycles. The van der Waals surface area contributed by atoms with Gasteiger partial charge < -0.3 is 25.2 Å². The van der Waals surface area contributed by atoms with Gasteiger partial charge in [-0.25, -0.2) is 0 Å². The van der Waals surface area contributed by atoms with E-state index >= 15 is 0 Å². The highest BCUT2D eigenvalue weighted by atomic mass is 16.5. The summed E-state index contributed by atoms with van der Waals surface area (Å²) in [7, 11) is 0. The van der Waals surface area contributed by atoms with Gasteiger partial charge in [-0.05, 0) is 19.8 Å². The lowest BCUT2D eigenvalue weighted by Crippen LogP contribution is -2.49. The third-order valence-corrected chi connectivity index (χ3v) is 3.25. The number of hydrogen-bond acceptors (Lipinski definition) is 5. The average molecular weight is 288 g/mol. The molecule has 1 amide bonds. The van der Waals surface area contributed by atoms with Crippen molar-refractivity contribution in [3.63, 3.8) is 0 Å². The maximum absolute atomic E-state index is 11.9. The molecule has 3 N–H and O–H groups in total. The highest BCUT2D eigenvalue weighted by molar-refractivity contribution is 5.86. The molecular formula is C13H24N2O5. The van der Waals surface area contributed by atoms with Crippen LogP contribution in [0, 0.1) is 0 Å². The van der Waals surface area contributed by atoms with Gasteiger partial charge in [-0.15, -0.1) is 0 Å². The zero-order valence-electron chi connectivity index (χ0n) is 11.9. The number of hydrogen-bond donors (Lipinski definition) is 2. The van der Waals surface area contributed by atoms with Crippen molar-refractivity contribution in [3.8, 4) is 0 Å². The minimum absolute atomic E-state index is 0.134. The average Bonchev–Trinajstić information content (AvgIpc) is 2.43. The number of nitrogens with zero attached hydrogens (tertiary/aromatic N) is 1. The third kappa shape index (κ3) is 5.85. The lowest BCUT2D eigenvalue weighted by atomic mass is 10.1. The van der Waals surface area contributed by atoms with Gasteiger partial charge in [0.1, 0.15) is 0 Å². The standard InChI is InChI=1S/C13H24N2O5/c1-2-19-7-8-20-10-3-5-15(6-4-10)13(18)11(14)9-12(16)17/h10-11H,2-9,14H2,1H3,(H,16,17). The molecule has 0 aromatic carbocycles. The lowest BCUT2D eigenvalue weighted by molar-refractivity contribution is -0.143. The fourth-order valence-electron chi connectivity index (χ4n) is 2.17. The van der Waals surface area contributed by atoms with Crippen molar-refractivity contribution in [2.24, 2.45) is 5.73 Å². The van der Waals surface area contributed by atoms with Crippen molar-refractivity contribution in [3.05, 3.63) is 0 Å². The highest BCUT2D eigenvalue weighted by Gasteiger charge is 2.27. The predicted molar refractivity (Wildman–Crippen MR) is 72.3 cm³/mol. The van der Waals surface area contributed by atoms with Crippen LogP contribution >= 0.6 is 0 Å². The largest absolute Gasteiger partial charge is 0.481 e. The van der Waals surface area contributed by atoms with Gasteiger partial charge in [0.15, 0.2) is 0 Å². The number of nitrogens with two attached hydrogens (primary N) is 1. The minimum atomic E-state index is -1.06. The van der Waals surface area contributed by atoms with Crippen LogP contribution in [-0.2, 0) is 19.1 Å². The second-order valence-electron chi connectivity index (χ2n) is 4.80. The fourth-order valence-corrected chi connectivity index (χ4v) is 2.17. The summed E-state index contributed by atoms with van der Waals surface area (Å²) < 4.78 is 10.8. The van der Waals surface area contributed by atoms with Crippen LogP contribution in [0.4, 0.5) is 0 Å². The number of ether oxygens (including phenoxy) is 2. The number of likely N-dealkylation sites (tertiary alicyclic amines) is 1. The van der Waals surface area contributed by atoms with E-state index in [-0.39, 0.29) is 18.4 Å². The SMILES string of the molecule is CCOCCOC1CCN(C(=O)C(N)CC(=O)O)CC1. The Hall–Kier alpha value is -1.18. The highest BCUT2D eigenvalue weighted by Crippen LogP contribution is 2.14. The second-order valence-corrected chi connectivity index (χ2v) is 4.80. The van der Waals surface area contributed by atoms with Crippen LogP contribution in [-0.4, -0.2) is 66.9 Å². The third-order valence-electron chi connectivity index (χ3n) is 3.25. The molecule has 1 rings (SSSR count). The Bertz CT molecular complexity index is 316. The number of rotatable bonds is 8. The van der Waals surface area contributed by atoms with Crippen molar-refractivity contribution >= 4 is 11.9 Å². The van der Waals surface area contributed by atoms with Crippen LogP contribution in [0.15, 0.2) is 0 Å². The van der Waals surface area contributed by atoms with Crippen molar-refractivity contribution < 1.29 is 24.2 Å². The quantitative estimate of drug-likeness (QED) is 0.601. The molecule has 0 spiro atoms. The van der Waals surface area contributed by atoms with Gasteiger partial charge in [-0.1, -0.05) is 0 Å². The smallest absolute Gasteiger partial charge is 0.305 e. The summed E-state index contributed by atoms with van der Waals surface area (Å²) in [6.07, 6.45) is 1.30. The molecule has 0 aliphatic carbocycles. The molecule has 1 heterocycles. The van der Waals surface area contributed by atoms with Gasteiger partial charge in [0.2, 0.25) is 5.91 Å². The summed E-state index contributed by atoms with van der Waals surface area (Å²) in [5.41, 5.74) is 5.58. The van der Waals surface area contributed by atoms with Crippen molar-refractivity contribution in [1.82, 2.24) is 4.90 Å². The molecule has 0 saturated carbocycles. The predicted octanol–water partition coefficient (Wildman–Crippen LogP) is -0.167. The molecule has 7 nitrogen and oxygen atoms in total. The molecule has 1 saturated heterocycles. The number of carboxylic acid groups (broad SMARTS) is 1. The molecule has 1 atom stereocenters. The number of carboxylic acids is 1. The first-order chi connectivity index (χ1) is 9.54. The van der Waals surface area contributed by atoms with Gasteiger partial charge in [0.05, 0.1) is 31.8 Å². The van der Waals surface area contributed by atoms with Gasteiger partial charge in [-0.3, -0.25) is 9.59 Å². The summed E-state index contributed by atoms with van der Waals surface area (Å²) in [5.74, 6) is -1.35. The molecule has 0 bridgehead atoms. The number of amides is 1. The van der Waals surface area contributed by atoms with Gasteiger partial charge in [0, 0.05) is 19.7 Å². The first kappa shape index (κ1) is 16.9. The van der Waals surface area contributed by atoms with Crippen LogP contribution in [0.3, 0.4) is 0 Å². The molecule has 1 aliphatic rings. The number of carbonyl (C=O) groups excluding carboxylic acids is 1. The van der Waals surface area contributed by atoms with E-state index in [2.05, 4.69) is 0 Å². The molecular weight excluding hydrogens is 264 g/mol. The van der Waals surface area contributed by atoms with E-state index in [0.717, 1.165) is 12.8 Å². The maximum Gasteiger partial charge on any atom is 0.305 e.